The van der Waals surface area contributed by atoms with Crippen LogP contribution in [0.25, 0.3) is 0 Å². The van der Waals surface area contributed by atoms with Crippen LogP contribution in [0.5, 0.6) is 0 Å². The standard InChI is InChI=1S/C8H14N4O2/c1-5-7(10-2-3-13-5)8-11-6(4-9)12-14-8/h5,7,10H,2-4,9H2,1H3/t5-,7+/m1/s1. The topological polar surface area (TPSA) is 86.2 Å². The van der Waals surface area contributed by atoms with E-state index in [1.165, 1.54) is 0 Å². The molecule has 0 radical (unpaired) electrons. The van der Waals surface area contributed by atoms with Crippen molar-refractivity contribution in [2.75, 3.05) is 13.2 Å². The summed E-state index contributed by atoms with van der Waals surface area (Å²) in [5.74, 6) is 1.08. The molecule has 6 nitrogen and oxygen atoms in total. The van der Waals surface area contributed by atoms with Crippen LogP contribution in [0.4, 0.5) is 0 Å². The summed E-state index contributed by atoms with van der Waals surface area (Å²) in [4.78, 5) is 4.16. The molecule has 1 saturated heterocycles. The van der Waals surface area contributed by atoms with Gasteiger partial charge in [-0.2, -0.15) is 4.98 Å². The van der Waals surface area contributed by atoms with Gasteiger partial charge in [-0.3, -0.25) is 0 Å². The number of hydrogen-bond acceptors (Lipinski definition) is 6. The third kappa shape index (κ3) is 1.77. The van der Waals surface area contributed by atoms with Gasteiger partial charge in [-0.15, -0.1) is 0 Å². The van der Waals surface area contributed by atoms with Gasteiger partial charge in [-0.1, -0.05) is 5.16 Å². The summed E-state index contributed by atoms with van der Waals surface area (Å²) < 4.78 is 10.5. The van der Waals surface area contributed by atoms with Crippen molar-refractivity contribution in [3.05, 3.63) is 11.7 Å². The van der Waals surface area contributed by atoms with E-state index in [1.807, 2.05) is 6.92 Å². The van der Waals surface area contributed by atoms with Crippen molar-refractivity contribution < 1.29 is 9.26 Å². The molecule has 3 N–H and O–H groups in total. The molecule has 0 aromatic carbocycles. The van der Waals surface area contributed by atoms with Crippen LogP contribution in [0.2, 0.25) is 0 Å². The van der Waals surface area contributed by atoms with Gasteiger partial charge in [0.15, 0.2) is 5.82 Å². The largest absolute Gasteiger partial charge is 0.375 e. The maximum absolute atomic E-state index is 5.47. The van der Waals surface area contributed by atoms with Crippen molar-refractivity contribution in [2.45, 2.75) is 25.6 Å². The minimum Gasteiger partial charge on any atom is -0.375 e. The average Bonchev–Trinajstić information content (AvgIpc) is 2.67. The van der Waals surface area contributed by atoms with Gasteiger partial charge in [0, 0.05) is 6.54 Å². The van der Waals surface area contributed by atoms with Gasteiger partial charge in [0.25, 0.3) is 0 Å². The molecule has 6 heteroatoms. The summed E-state index contributed by atoms with van der Waals surface area (Å²) in [5.41, 5.74) is 5.39. The molecule has 0 aliphatic carbocycles. The first kappa shape index (κ1) is 9.57. The number of nitrogens with zero attached hydrogens (tertiary/aromatic N) is 2. The molecule has 1 aromatic heterocycles. The molecule has 1 aliphatic rings. The molecule has 14 heavy (non-hydrogen) atoms. The van der Waals surface area contributed by atoms with E-state index in [0.29, 0.717) is 18.3 Å². The highest BCUT2D eigenvalue weighted by Gasteiger charge is 2.27. The van der Waals surface area contributed by atoms with Gasteiger partial charge in [-0.25, -0.2) is 0 Å². The Balaban J connectivity index is 2.12. The molecular weight excluding hydrogens is 184 g/mol. The van der Waals surface area contributed by atoms with Crippen molar-refractivity contribution in [3.8, 4) is 0 Å². The number of ether oxygens (including phenoxy) is 1. The lowest BCUT2D eigenvalue weighted by Crippen LogP contribution is -2.40. The zero-order chi connectivity index (χ0) is 9.97. The number of nitrogens with one attached hydrogen (secondary N) is 1. The molecule has 0 spiro atoms. The third-order valence-corrected chi connectivity index (χ3v) is 2.25. The zero-order valence-corrected chi connectivity index (χ0v) is 8.06. The first-order valence-corrected chi connectivity index (χ1v) is 4.69. The quantitative estimate of drug-likeness (QED) is 0.671. The Labute approximate surface area is 81.8 Å². The monoisotopic (exact) mass is 198 g/mol. The average molecular weight is 198 g/mol. The molecule has 0 saturated carbocycles. The molecule has 78 valence electrons. The van der Waals surface area contributed by atoms with Gasteiger partial charge >= 0.3 is 0 Å². The summed E-state index contributed by atoms with van der Waals surface area (Å²) in [6.45, 7) is 3.79. The van der Waals surface area contributed by atoms with E-state index in [9.17, 15) is 0 Å². The Morgan fingerprint density at radius 1 is 1.64 bits per heavy atom. The summed E-state index contributed by atoms with van der Waals surface area (Å²) in [5, 5.41) is 7.00. The van der Waals surface area contributed by atoms with Crippen molar-refractivity contribution >= 4 is 0 Å². The van der Waals surface area contributed by atoms with Gasteiger partial charge in [0.05, 0.1) is 19.3 Å². The second-order valence-corrected chi connectivity index (χ2v) is 3.26. The zero-order valence-electron chi connectivity index (χ0n) is 8.06. The fourth-order valence-corrected chi connectivity index (χ4v) is 1.49. The lowest BCUT2D eigenvalue weighted by Gasteiger charge is -2.27. The van der Waals surface area contributed by atoms with Crippen molar-refractivity contribution in [1.82, 2.24) is 15.5 Å². The number of hydrogen-bond donors (Lipinski definition) is 2. The lowest BCUT2D eigenvalue weighted by molar-refractivity contribution is -0.00136. The van der Waals surface area contributed by atoms with E-state index in [2.05, 4.69) is 15.5 Å². The van der Waals surface area contributed by atoms with E-state index in [0.717, 1.165) is 13.2 Å². The molecule has 1 aliphatic heterocycles. The SMILES string of the molecule is C[C@H]1OCCN[C@@H]1c1nc(CN)no1. The van der Waals surface area contributed by atoms with E-state index in [-0.39, 0.29) is 12.1 Å². The normalized spacial score (nSPS) is 27.9. The van der Waals surface area contributed by atoms with Crippen molar-refractivity contribution in [2.24, 2.45) is 5.73 Å². The Morgan fingerprint density at radius 2 is 2.50 bits per heavy atom. The Bertz CT molecular complexity index is 301. The predicted molar refractivity (Wildman–Crippen MR) is 48.3 cm³/mol. The summed E-state index contributed by atoms with van der Waals surface area (Å²) >= 11 is 0. The predicted octanol–water partition coefficient (Wildman–Crippen LogP) is -0.422. The van der Waals surface area contributed by atoms with Gasteiger partial charge in [0.2, 0.25) is 5.89 Å². The molecule has 0 unspecified atom stereocenters. The number of aromatic nitrogens is 2. The summed E-state index contributed by atoms with van der Waals surface area (Å²) in [6, 6.07) is -0.0171. The van der Waals surface area contributed by atoms with Gasteiger partial charge < -0.3 is 20.3 Å². The van der Waals surface area contributed by atoms with Crippen LogP contribution >= 0.6 is 0 Å². The lowest BCUT2D eigenvalue weighted by atomic mass is 10.1. The molecule has 0 bridgehead atoms. The van der Waals surface area contributed by atoms with Crippen LogP contribution in [0.1, 0.15) is 24.7 Å². The number of rotatable bonds is 2. The van der Waals surface area contributed by atoms with E-state index < -0.39 is 0 Å². The van der Waals surface area contributed by atoms with Crippen LogP contribution in [0.15, 0.2) is 4.52 Å². The fourth-order valence-electron chi connectivity index (χ4n) is 1.49. The van der Waals surface area contributed by atoms with Crippen LogP contribution in [0, 0.1) is 0 Å². The van der Waals surface area contributed by atoms with Crippen LogP contribution in [0.3, 0.4) is 0 Å². The summed E-state index contributed by atoms with van der Waals surface area (Å²) in [7, 11) is 0. The molecule has 0 amide bonds. The molecule has 1 aromatic rings. The Hall–Kier alpha value is -0.980. The third-order valence-electron chi connectivity index (χ3n) is 2.25. The summed E-state index contributed by atoms with van der Waals surface area (Å²) in [6.07, 6.45) is 0.0508. The first-order valence-electron chi connectivity index (χ1n) is 4.69. The van der Waals surface area contributed by atoms with E-state index in [1.54, 1.807) is 0 Å². The molecular formula is C8H14N4O2. The second kappa shape index (κ2) is 4.04. The van der Waals surface area contributed by atoms with Crippen molar-refractivity contribution in [1.29, 1.82) is 0 Å². The van der Waals surface area contributed by atoms with Gasteiger partial charge in [0.1, 0.15) is 6.04 Å². The van der Waals surface area contributed by atoms with Crippen LogP contribution in [-0.4, -0.2) is 29.4 Å². The van der Waals surface area contributed by atoms with Gasteiger partial charge in [-0.05, 0) is 6.92 Å². The highest BCUT2D eigenvalue weighted by Crippen LogP contribution is 2.19. The number of nitrogens with two attached hydrogens (primary N) is 1. The molecule has 2 atom stereocenters. The molecule has 2 rings (SSSR count). The smallest absolute Gasteiger partial charge is 0.246 e. The van der Waals surface area contributed by atoms with E-state index in [4.69, 9.17) is 15.0 Å². The van der Waals surface area contributed by atoms with Crippen molar-refractivity contribution in [3.63, 3.8) is 0 Å². The van der Waals surface area contributed by atoms with E-state index >= 15 is 0 Å². The maximum Gasteiger partial charge on any atom is 0.246 e. The highest BCUT2D eigenvalue weighted by atomic mass is 16.5. The fraction of sp³-hybridized carbons (Fsp3) is 0.750. The maximum atomic E-state index is 5.47. The number of morpholine rings is 1. The van der Waals surface area contributed by atoms with Crippen LogP contribution < -0.4 is 11.1 Å². The first-order chi connectivity index (χ1) is 6.81. The van der Waals surface area contributed by atoms with Crippen LogP contribution in [-0.2, 0) is 11.3 Å². The minimum atomic E-state index is -0.0171. The highest BCUT2D eigenvalue weighted by molar-refractivity contribution is 4.96. The Kier molecular flexibility index (Phi) is 2.76. The second-order valence-electron chi connectivity index (χ2n) is 3.26. The Morgan fingerprint density at radius 3 is 3.14 bits per heavy atom. The molecule has 1 fully saturated rings. The minimum absolute atomic E-state index is 0.0171. The molecule has 2 heterocycles.